The maximum absolute atomic E-state index is 8.83. The number of nitrogens with zero attached hydrogens (tertiary/aromatic N) is 1. The number of nitrogens with one attached hydrogen (secondary N) is 1. The molecule has 19 heavy (non-hydrogen) atoms. The van der Waals surface area contributed by atoms with Crippen molar-refractivity contribution in [2.45, 2.75) is 13.0 Å². The molecule has 0 saturated heterocycles. The summed E-state index contributed by atoms with van der Waals surface area (Å²) in [5, 5.41) is 12.2. The zero-order chi connectivity index (χ0) is 14.0. The van der Waals surface area contributed by atoms with E-state index >= 15 is 0 Å². The zero-order valence-corrected chi connectivity index (χ0v) is 13.8. The molecule has 2 rings (SSSR count). The lowest BCUT2D eigenvalue weighted by atomic mass is 10.1. The van der Waals surface area contributed by atoms with Gasteiger partial charge < -0.3 is 5.32 Å². The van der Waals surface area contributed by atoms with Gasteiger partial charge in [-0.05, 0) is 47.1 Å². The standard InChI is InChI=1S/C13H9BrCl2N2S/c1-7(9-5-12(15)19-13(9)16)18-11-3-2-8(6-17)4-10(11)14/h2-5,7,18H,1H3. The van der Waals surface area contributed by atoms with E-state index in [-0.39, 0.29) is 6.04 Å². The summed E-state index contributed by atoms with van der Waals surface area (Å²) in [4.78, 5) is 0. The second-order valence-corrected chi connectivity index (χ2v) is 7.09. The zero-order valence-electron chi connectivity index (χ0n) is 9.88. The van der Waals surface area contributed by atoms with Gasteiger partial charge in [0.25, 0.3) is 0 Å². The smallest absolute Gasteiger partial charge is 0.0996 e. The molecule has 2 nitrogen and oxygen atoms in total. The summed E-state index contributed by atoms with van der Waals surface area (Å²) in [6.45, 7) is 2.01. The molecule has 0 aliphatic heterocycles. The topological polar surface area (TPSA) is 35.8 Å². The maximum atomic E-state index is 8.83. The van der Waals surface area contributed by atoms with E-state index in [1.807, 2.05) is 19.1 Å². The van der Waals surface area contributed by atoms with E-state index in [1.54, 1.807) is 12.1 Å². The van der Waals surface area contributed by atoms with E-state index in [0.717, 1.165) is 15.7 Å². The molecular weight excluding hydrogens is 367 g/mol. The van der Waals surface area contributed by atoms with Crippen molar-refractivity contribution >= 4 is 56.2 Å². The molecule has 0 aliphatic rings. The lowest BCUT2D eigenvalue weighted by molar-refractivity contribution is 0.889. The molecular formula is C13H9BrCl2N2S. The first-order valence-electron chi connectivity index (χ1n) is 5.42. The molecule has 0 bridgehead atoms. The lowest BCUT2D eigenvalue weighted by Gasteiger charge is -2.16. The van der Waals surface area contributed by atoms with E-state index in [4.69, 9.17) is 28.5 Å². The van der Waals surface area contributed by atoms with Crippen molar-refractivity contribution in [1.29, 1.82) is 5.26 Å². The molecule has 1 heterocycles. The Morgan fingerprint density at radius 3 is 2.63 bits per heavy atom. The van der Waals surface area contributed by atoms with Crippen LogP contribution in [0.2, 0.25) is 8.67 Å². The van der Waals surface area contributed by atoms with Gasteiger partial charge in [-0.3, -0.25) is 0 Å². The maximum Gasteiger partial charge on any atom is 0.0996 e. The summed E-state index contributed by atoms with van der Waals surface area (Å²) in [7, 11) is 0. The normalized spacial score (nSPS) is 11.9. The van der Waals surface area contributed by atoms with Gasteiger partial charge in [-0.1, -0.05) is 23.2 Å². The number of thiophene rings is 1. The van der Waals surface area contributed by atoms with Gasteiger partial charge in [0.1, 0.15) is 0 Å². The largest absolute Gasteiger partial charge is 0.378 e. The van der Waals surface area contributed by atoms with Crippen LogP contribution in [0.4, 0.5) is 5.69 Å². The van der Waals surface area contributed by atoms with Gasteiger partial charge in [-0.25, -0.2) is 0 Å². The summed E-state index contributed by atoms with van der Waals surface area (Å²) in [5.41, 5.74) is 2.49. The molecule has 1 aromatic carbocycles. The van der Waals surface area contributed by atoms with Gasteiger partial charge in [-0.2, -0.15) is 5.26 Å². The second kappa shape index (κ2) is 6.15. The molecule has 0 fully saturated rings. The fourth-order valence-corrected chi connectivity index (χ4v) is 3.80. The molecule has 1 unspecified atom stereocenters. The van der Waals surface area contributed by atoms with E-state index in [9.17, 15) is 0 Å². The van der Waals surface area contributed by atoms with Crippen molar-refractivity contribution in [1.82, 2.24) is 0 Å². The highest BCUT2D eigenvalue weighted by Gasteiger charge is 2.14. The number of halogens is 3. The predicted molar refractivity (Wildman–Crippen MR) is 85.2 cm³/mol. The van der Waals surface area contributed by atoms with E-state index in [0.29, 0.717) is 14.2 Å². The van der Waals surface area contributed by atoms with Crippen molar-refractivity contribution in [3.63, 3.8) is 0 Å². The number of hydrogen-bond acceptors (Lipinski definition) is 3. The molecule has 0 amide bonds. The molecule has 6 heteroatoms. The van der Waals surface area contributed by atoms with Crippen molar-refractivity contribution < 1.29 is 0 Å². The molecule has 98 valence electrons. The summed E-state index contributed by atoms with van der Waals surface area (Å²) in [6, 6.07) is 9.39. The third kappa shape index (κ3) is 3.43. The van der Waals surface area contributed by atoms with Crippen LogP contribution in [-0.4, -0.2) is 0 Å². The number of benzene rings is 1. The number of anilines is 1. The minimum atomic E-state index is 0.0282. The van der Waals surface area contributed by atoms with E-state index in [2.05, 4.69) is 27.3 Å². The number of nitriles is 1. The minimum Gasteiger partial charge on any atom is -0.378 e. The molecule has 0 radical (unpaired) electrons. The predicted octanol–water partition coefficient (Wildman–Crippen LogP) is 5.86. The highest BCUT2D eigenvalue weighted by Crippen LogP contribution is 2.37. The van der Waals surface area contributed by atoms with Crippen molar-refractivity contribution in [2.24, 2.45) is 0 Å². The van der Waals surface area contributed by atoms with Gasteiger partial charge in [0.05, 0.1) is 26.3 Å². The number of rotatable bonds is 3. The first-order chi connectivity index (χ1) is 9.01. The number of hydrogen-bond donors (Lipinski definition) is 1. The van der Waals surface area contributed by atoms with E-state index in [1.165, 1.54) is 11.3 Å². The Kier molecular flexibility index (Phi) is 4.75. The van der Waals surface area contributed by atoms with Crippen LogP contribution in [0.1, 0.15) is 24.1 Å². The van der Waals surface area contributed by atoms with Crippen molar-refractivity contribution in [3.8, 4) is 6.07 Å². The van der Waals surface area contributed by atoms with Gasteiger partial charge in [0.2, 0.25) is 0 Å². The monoisotopic (exact) mass is 374 g/mol. The van der Waals surface area contributed by atoms with E-state index < -0.39 is 0 Å². The Labute approximate surface area is 134 Å². The molecule has 0 aliphatic carbocycles. The molecule has 1 N–H and O–H groups in total. The van der Waals surface area contributed by atoms with Crippen molar-refractivity contribution in [2.75, 3.05) is 5.32 Å². The molecule has 0 saturated carbocycles. The first kappa shape index (κ1) is 14.7. The third-order valence-corrected chi connectivity index (χ3v) is 4.79. The van der Waals surface area contributed by atoms with Crippen LogP contribution in [-0.2, 0) is 0 Å². The fourth-order valence-electron chi connectivity index (χ4n) is 1.66. The van der Waals surface area contributed by atoms with Gasteiger partial charge in [0, 0.05) is 15.7 Å². The average Bonchev–Trinajstić information content (AvgIpc) is 2.71. The quantitative estimate of drug-likeness (QED) is 0.728. The first-order valence-corrected chi connectivity index (χ1v) is 7.78. The Morgan fingerprint density at radius 2 is 2.11 bits per heavy atom. The van der Waals surface area contributed by atoms with Crippen LogP contribution >= 0.6 is 50.5 Å². The summed E-state index contributed by atoms with van der Waals surface area (Å²) < 4.78 is 2.21. The lowest BCUT2D eigenvalue weighted by Crippen LogP contribution is -2.06. The van der Waals surface area contributed by atoms with Crippen molar-refractivity contribution in [3.05, 3.63) is 48.5 Å². The van der Waals surface area contributed by atoms with Crippen LogP contribution in [0.5, 0.6) is 0 Å². The highest BCUT2D eigenvalue weighted by molar-refractivity contribution is 9.10. The van der Waals surface area contributed by atoms with Crippen LogP contribution in [0.25, 0.3) is 0 Å². The molecule has 1 atom stereocenters. The SMILES string of the molecule is CC(Nc1ccc(C#N)cc1Br)c1cc(Cl)sc1Cl. The Morgan fingerprint density at radius 1 is 1.37 bits per heavy atom. The van der Waals surface area contributed by atoms with Crippen LogP contribution in [0.3, 0.4) is 0 Å². The Balaban J connectivity index is 2.22. The minimum absolute atomic E-state index is 0.0282. The van der Waals surface area contributed by atoms with Gasteiger partial charge in [-0.15, -0.1) is 11.3 Å². The fraction of sp³-hybridized carbons (Fsp3) is 0.154. The summed E-state index contributed by atoms with van der Waals surface area (Å²) >= 11 is 16.9. The van der Waals surface area contributed by atoms with Gasteiger partial charge in [0.15, 0.2) is 0 Å². The second-order valence-electron chi connectivity index (χ2n) is 3.95. The third-order valence-electron chi connectivity index (χ3n) is 2.62. The Bertz CT molecular complexity index is 649. The van der Waals surface area contributed by atoms with Crippen LogP contribution < -0.4 is 5.32 Å². The molecule has 1 aromatic heterocycles. The Hall–Kier alpha value is -0.730. The van der Waals surface area contributed by atoms with Crippen LogP contribution in [0, 0.1) is 11.3 Å². The van der Waals surface area contributed by atoms with Gasteiger partial charge >= 0.3 is 0 Å². The average molecular weight is 376 g/mol. The highest BCUT2D eigenvalue weighted by atomic mass is 79.9. The molecule has 0 spiro atoms. The summed E-state index contributed by atoms with van der Waals surface area (Å²) in [5.74, 6) is 0. The van der Waals surface area contributed by atoms with Crippen LogP contribution in [0.15, 0.2) is 28.7 Å². The molecule has 2 aromatic rings. The summed E-state index contributed by atoms with van der Waals surface area (Å²) in [6.07, 6.45) is 0.